The lowest BCUT2D eigenvalue weighted by atomic mass is 9.86. The monoisotopic (exact) mass is 206 g/mol. The molecular formula is C13H18O2. The third-order valence-electron chi connectivity index (χ3n) is 2.48. The van der Waals surface area contributed by atoms with Crippen molar-refractivity contribution >= 4 is 5.78 Å². The molecule has 1 atom stereocenters. The minimum atomic E-state index is -0.987. The van der Waals surface area contributed by atoms with E-state index in [-0.39, 0.29) is 11.2 Å². The standard InChI is InChI=1S/C13H18O2/c1-9(14)12(15)10-5-7-11(8-6-10)13(2,3)4/h5-8,12,15H,1-4H3. The molecule has 0 radical (unpaired) electrons. The van der Waals surface area contributed by atoms with Gasteiger partial charge in [-0.15, -0.1) is 0 Å². The van der Waals surface area contributed by atoms with Gasteiger partial charge >= 0.3 is 0 Å². The number of carbonyl (C=O) groups is 1. The molecule has 15 heavy (non-hydrogen) atoms. The molecule has 1 aromatic carbocycles. The molecule has 0 amide bonds. The number of rotatable bonds is 2. The molecule has 0 aliphatic carbocycles. The molecule has 0 saturated heterocycles. The molecule has 0 bridgehead atoms. The molecule has 0 spiro atoms. The summed E-state index contributed by atoms with van der Waals surface area (Å²) in [6.45, 7) is 7.78. The van der Waals surface area contributed by atoms with E-state index in [2.05, 4.69) is 20.8 Å². The van der Waals surface area contributed by atoms with Gasteiger partial charge < -0.3 is 5.11 Å². The summed E-state index contributed by atoms with van der Waals surface area (Å²) in [4.78, 5) is 11.0. The van der Waals surface area contributed by atoms with Gasteiger partial charge in [-0.3, -0.25) is 4.79 Å². The van der Waals surface area contributed by atoms with Crippen LogP contribution in [-0.4, -0.2) is 10.9 Å². The number of aliphatic hydroxyl groups is 1. The van der Waals surface area contributed by atoms with Gasteiger partial charge in [-0.1, -0.05) is 45.0 Å². The van der Waals surface area contributed by atoms with Crippen LogP contribution in [-0.2, 0) is 10.2 Å². The van der Waals surface area contributed by atoms with E-state index in [0.29, 0.717) is 5.56 Å². The van der Waals surface area contributed by atoms with Crippen LogP contribution in [0, 0.1) is 0 Å². The fourth-order valence-electron chi connectivity index (χ4n) is 1.40. The van der Waals surface area contributed by atoms with Crippen LogP contribution in [0.4, 0.5) is 0 Å². The summed E-state index contributed by atoms with van der Waals surface area (Å²) in [7, 11) is 0. The Labute approximate surface area is 90.9 Å². The van der Waals surface area contributed by atoms with Crippen LogP contribution in [0.5, 0.6) is 0 Å². The van der Waals surface area contributed by atoms with Crippen molar-refractivity contribution in [3.8, 4) is 0 Å². The lowest BCUT2D eigenvalue weighted by molar-refractivity contribution is -0.125. The number of carbonyl (C=O) groups excluding carboxylic acids is 1. The predicted molar refractivity (Wildman–Crippen MR) is 60.8 cm³/mol. The molecule has 0 saturated carbocycles. The Morgan fingerprint density at radius 2 is 1.67 bits per heavy atom. The SMILES string of the molecule is CC(=O)C(O)c1ccc(C(C)(C)C)cc1. The van der Waals surface area contributed by atoms with Gasteiger partial charge in [-0.05, 0) is 23.5 Å². The molecule has 2 heteroatoms. The van der Waals surface area contributed by atoms with Crippen molar-refractivity contribution < 1.29 is 9.90 Å². The van der Waals surface area contributed by atoms with Gasteiger partial charge in [0, 0.05) is 0 Å². The maximum absolute atomic E-state index is 11.0. The van der Waals surface area contributed by atoms with Crippen molar-refractivity contribution in [2.24, 2.45) is 0 Å². The number of aliphatic hydroxyl groups excluding tert-OH is 1. The Balaban J connectivity index is 2.95. The zero-order valence-electron chi connectivity index (χ0n) is 9.74. The first-order valence-corrected chi connectivity index (χ1v) is 5.11. The van der Waals surface area contributed by atoms with E-state index in [9.17, 15) is 9.90 Å². The minimum Gasteiger partial charge on any atom is -0.381 e. The van der Waals surface area contributed by atoms with Crippen molar-refractivity contribution in [2.75, 3.05) is 0 Å². The smallest absolute Gasteiger partial charge is 0.162 e. The zero-order chi connectivity index (χ0) is 11.6. The van der Waals surface area contributed by atoms with E-state index in [1.165, 1.54) is 12.5 Å². The summed E-state index contributed by atoms with van der Waals surface area (Å²) >= 11 is 0. The summed E-state index contributed by atoms with van der Waals surface area (Å²) in [5.41, 5.74) is 1.96. The molecule has 0 aliphatic heterocycles. The Morgan fingerprint density at radius 3 is 2.00 bits per heavy atom. The van der Waals surface area contributed by atoms with Crippen molar-refractivity contribution in [1.82, 2.24) is 0 Å². The van der Waals surface area contributed by atoms with Crippen LogP contribution in [0.15, 0.2) is 24.3 Å². The maximum atomic E-state index is 11.0. The van der Waals surface area contributed by atoms with Crippen LogP contribution in [0.2, 0.25) is 0 Å². The van der Waals surface area contributed by atoms with Gasteiger partial charge in [0.2, 0.25) is 0 Å². The zero-order valence-corrected chi connectivity index (χ0v) is 9.74. The summed E-state index contributed by atoms with van der Waals surface area (Å²) in [6.07, 6.45) is -0.987. The van der Waals surface area contributed by atoms with Crippen LogP contribution < -0.4 is 0 Å². The Bertz CT molecular complexity index is 344. The Hall–Kier alpha value is -1.15. The molecule has 1 aromatic rings. The van der Waals surface area contributed by atoms with E-state index in [4.69, 9.17) is 0 Å². The lowest BCUT2D eigenvalue weighted by Crippen LogP contribution is -2.12. The number of Topliss-reactive ketones (excluding diaryl/α,β-unsaturated/α-hetero) is 1. The summed E-state index contributed by atoms with van der Waals surface area (Å²) in [5, 5.41) is 9.54. The van der Waals surface area contributed by atoms with Gasteiger partial charge in [0.25, 0.3) is 0 Å². The van der Waals surface area contributed by atoms with Crippen LogP contribution in [0.3, 0.4) is 0 Å². The number of ketones is 1. The molecule has 1 N–H and O–H groups in total. The maximum Gasteiger partial charge on any atom is 0.162 e. The summed E-state index contributed by atoms with van der Waals surface area (Å²) < 4.78 is 0. The molecule has 1 rings (SSSR count). The van der Waals surface area contributed by atoms with Gasteiger partial charge in [0.15, 0.2) is 5.78 Å². The molecule has 0 fully saturated rings. The van der Waals surface area contributed by atoms with Crippen molar-refractivity contribution in [2.45, 2.75) is 39.2 Å². The number of benzene rings is 1. The number of hydrogen-bond donors (Lipinski definition) is 1. The molecule has 1 unspecified atom stereocenters. The molecule has 0 heterocycles. The van der Waals surface area contributed by atoms with Crippen molar-refractivity contribution in [1.29, 1.82) is 0 Å². The highest BCUT2D eigenvalue weighted by atomic mass is 16.3. The molecule has 0 aliphatic rings. The molecule has 0 aromatic heterocycles. The highest BCUT2D eigenvalue weighted by Gasteiger charge is 2.16. The van der Waals surface area contributed by atoms with Gasteiger partial charge in [-0.25, -0.2) is 0 Å². The van der Waals surface area contributed by atoms with Crippen LogP contribution >= 0.6 is 0 Å². The largest absolute Gasteiger partial charge is 0.381 e. The van der Waals surface area contributed by atoms with E-state index in [0.717, 1.165) is 0 Å². The first-order valence-electron chi connectivity index (χ1n) is 5.11. The lowest BCUT2D eigenvalue weighted by Gasteiger charge is -2.19. The van der Waals surface area contributed by atoms with Gasteiger partial charge in [0.1, 0.15) is 6.10 Å². The van der Waals surface area contributed by atoms with E-state index in [1.54, 1.807) is 0 Å². The second kappa shape index (κ2) is 4.15. The average Bonchev–Trinajstić information content (AvgIpc) is 2.15. The van der Waals surface area contributed by atoms with Crippen molar-refractivity contribution in [3.63, 3.8) is 0 Å². The highest BCUT2D eigenvalue weighted by Crippen LogP contribution is 2.24. The normalized spacial score (nSPS) is 13.7. The van der Waals surface area contributed by atoms with E-state index in [1.807, 2.05) is 24.3 Å². The minimum absolute atomic E-state index is 0.0969. The molecule has 2 nitrogen and oxygen atoms in total. The Kier molecular flexibility index (Phi) is 3.30. The van der Waals surface area contributed by atoms with E-state index >= 15 is 0 Å². The van der Waals surface area contributed by atoms with Gasteiger partial charge in [0.05, 0.1) is 0 Å². The highest BCUT2D eigenvalue weighted by molar-refractivity contribution is 5.81. The molecule has 82 valence electrons. The first kappa shape index (κ1) is 11.9. The summed E-state index contributed by atoms with van der Waals surface area (Å²) in [5.74, 6) is -0.224. The first-order chi connectivity index (χ1) is 6.82. The van der Waals surface area contributed by atoms with Crippen LogP contribution in [0.25, 0.3) is 0 Å². The third-order valence-corrected chi connectivity index (χ3v) is 2.48. The number of hydrogen-bond acceptors (Lipinski definition) is 2. The Morgan fingerprint density at radius 1 is 1.20 bits per heavy atom. The van der Waals surface area contributed by atoms with Gasteiger partial charge in [-0.2, -0.15) is 0 Å². The van der Waals surface area contributed by atoms with Crippen molar-refractivity contribution in [3.05, 3.63) is 35.4 Å². The average molecular weight is 206 g/mol. The summed E-state index contributed by atoms with van der Waals surface area (Å²) in [6, 6.07) is 7.54. The third kappa shape index (κ3) is 2.90. The van der Waals surface area contributed by atoms with Crippen LogP contribution in [0.1, 0.15) is 44.9 Å². The fraction of sp³-hybridized carbons (Fsp3) is 0.462. The second-order valence-corrected chi connectivity index (χ2v) is 4.89. The topological polar surface area (TPSA) is 37.3 Å². The molecular weight excluding hydrogens is 188 g/mol. The quantitative estimate of drug-likeness (QED) is 0.807. The predicted octanol–water partition coefficient (Wildman–Crippen LogP) is 2.61. The second-order valence-electron chi connectivity index (χ2n) is 4.89. The van der Waals surface area contributed by atoms with E-state index < -0.39 is 6.10 Å². The fourth-order valence-corrected chi connectivity index (χ4v) is 1.40.